The molecule has 38 heavy (non-hydrogen) atoms. The molecule has 8 heteroatoms. The van der Waals surface area contributed by atoms with Crippen molar-refractivity contribution < 1.29 is 0 Å². The number of aryl methyl sites for hydroxylation is 2. The molecule has 8 nitrogen and oxygen atoms in total. The van der Waals surface area contributed by atoms with Crippen LogP contribution in [0.15, 0.2) is 94.5 Å². The van der Waals surface area contributed by atoms with Gasteiger partial charge in [-0.1, -0.05) is 36.4 Å². The van der Waals surface area contributed by atoms with E-state index in [0.717, 1.165) is 21.8 Å². The number of aromatic amines is 2. The van der Waals surface area contributed by atoms with Gasteiger partial charge in [0.1, 0.15) is 22.3 Å². The van der Waals surface area contributed by atoms with Gasteiger partial charge in [0.05, 0.1) is 32.8 Å². The summed E-state index contributed by atoms with van der Waals surface area (Å²) in [6, 6.07) is 26.2. The molecule has 0 unspecified atom stereocenters. The van der Waals surface area contributed by atoms with E-state index < -0.39 is 0 Å². The molecule has 0 fully saturated rings. The fourth-order valence-corrected chi connectivity index (χ4v) is 5.23. The maximum Gasteiger partial charge on any atom is 0.257 e. The average molecular weight is 499 g/mol. The number of imidazole rings is 2. The second-order valence-electron chi connectivity index (χ2n) is 9.33. The first kappa shape index (κ1) is 22.0. The number of hydrogen-bond donors (Lipinski definition) is 2. The van der Waals surface area contributed by atoms with Crippen molar-refractivity contribution in [3.8, 4) is 0 Å². The Morgan fingerprint density at radius 1 is 0.526 bits per heavy atom. The van der Waals surface area contributed by atoms with E-state index in [0.29, 0.717) is 44.1 Å². The summed E-state index contributed by atoms with van der Waals surface area (Å²) < 4.78 is 3.88. The van der Waals surface area contributed by atoms with E-state index in [1.54, 1.807) is 12.1 Å². The molecule has 0 spiro atoms. The molecule has 184 valence electrons. The van der Waals surface area contributed by atoms with Crippen molar-refractivity contribution in [1.82, 2.24) is 29.1 Å². The minimum atomic E-state index is -0.263. The van der Waals surface area contributed by atoms with E-state index in [9.17, 15) is 9.59 Å². The molecule has 3 aromatic heterocycles. The number of fused-ring (bicyclic) bond motifs is 6. The molecule has 0 aliphatic carbocycles. The fraction of sp³-hybridized carbons (Fsp3) is 0.0667. The smallest absolute Gasteiger partial charge is 0.257 e. The lowest BCUT2D eigenvalue weighted by atomic mass is 10.2. The van der Waals surface area contributed by atoms with E-state index >= 15 is 0 Å². The Morgan fingerprint density at radius 2 is 0.921 bits per heavy atom. The van der Waals surface area contributed by atoms with Crippen LogP contribution in [0.2, 0.25) is 0 Å². The van der Waals surface area contributed by atoms with Crippen LogP contribution < -0.4 is 11.1 Å². The lowest BCUT2D eigenvalue weighted by Crippen LogP contribution is -2.03. The first-order valence-corrected chi connectivity index (χ1v) is 12.2. The molecule has 0 saturated heterocycles. The Hall–Kier alpha value is -5.24. The number of nitrogens with zero attached hydrogens (tertiary/aromatic N) is 4. The second kappa shape index (κ2) is 8.14. The molecule has 4 aromatic carbocycles. The molecule has 0 amide bonds. The first-order valence-electron chi connectivity index (χ1n) is 12.2. The van der Waals surface area contributed by atoms with Crippen LogP contribution in [-0.2, 0) is 14.1 Å². The summed E-state index contributed by atoms with van der Waals surface area (Å²) in [5.74, 6) is 0. The van der Waals surface area contributed by atoms with Gasteiger partial charge in [-0.3, -0.25) is 9.59 Å². The normalized spacial score (nSPS) is 11.6. The van der Waals surface area contributed by atoms with Crippen LogP contribution in [0, 0.1) is 0 Å². The summed E-state index contributed by atoms with van der Waals surface area (Å²) in [5.41, 5.74) is 4.77. The monoisotopic (exact) mass is 498 g/mol. The van der Waals surface area contributed by atoms with E-state index in [1.165, 1.54) is 0 Å². The quantitative estimate of drug-likeness (QED) is 0.302. The maximum atomic E-state index is 13.7. The minimum Gasteiger partial charge on any atom is -0.327 e. The van der Waals surface area contributed by atoms with Crippen LogP contribution >= 0.6 is 0 Å². The summed E-state index contributed by atoms with van der Waals surface area (Å²) in [5, 5.41) is 2.41. The number of para-hydroxylation sites is 4. The van der Waals surface area contributed by atoms with Crippen LogP contribution in [0.3, 0.4) is 0 Å². The van der Waals surface area contributed by atoms with E-state index in [-0.39, 0.29) is 11.1 Å². The van der Waals surface area contributed by atoms with Crippen LogP contribution in [-0.4, -0.2) is 29.1 Å². The Morgan fingerprint density at radius 3 is 1.37 bits per heavy atom. The highest BCUT2D eigenvalue weighted by Gasteiger charge is 2.12. The van der Waals surface area contributed by atoms with Crippen molar-refractivity contribution in [3.63, 3.8) is 0 Å². The van der Waals surface area contributed by atoms with Gasteiger partial charge < -0.3 is 19.1 Å². The molecule has 0 aliphatic rings. The van der Waals surface area contributed by atoms with Gasteiger partial charge in [0.15, 0.2) is 0 Å². The number of H-pyrrole nitrogens is 2. The van der Waals surface area contributed by atoms with Crippen molar-refractivity contribution >= 4 is 65.9 Å². The number of benzene rings is 4. The molecule has 0 radical (unpaired) electrons. The van der Waals surface area contributed by atoms with Crippen molar-refractivity contribution in [2.45, 2.75) is 0 Å². The molecule has 0 saturated carbocycles. The van der Waals surface area contributed by atoms with Gasteiger partial charge in [-0.05, 0) is 48.5 Å². The number of nitrogens with one attached hydrogen (secondary N) is 2. The van der Waals surface area contributed by atoms with Crippen LogP contribution in [0.4, 0.5) is 0 Å². The molecule has 7 rings (SSSR count). The summed E-state index contributed by atoms with van der Waals surface area (Å²) in [6.45, 7) is 0. The third-order valence-electron chi connectivity index (χ3n) is 7.14. The van der Waals surface area contributed by atoms with E-state index in [2.05, 4.69) is 9.97 Å². The SMILES string of the molecule is Cn1c2cccc3c(=O)[nH]c4ccccc4c4nc5c(cccc5n4C)c(=O)[nH]c4ccccc4c1nc32. The summed E-state index contributed by atoms with van der Waals surface area (Å²) >= 11 is 0. The Labute approximate surface area is 214 Å². The van der Waals surface area contributed by atoms with E-state index in [1.807, 2.05) is 96.0 Å². The Balaban J connectivity index is 1.85. The lowest BCUT2D eigenvalue weighted by molar-refractivity contribution is 1.01. The molecule has 0 atom stereocenters. The second-order valence-corrected chi connectivity index (χ2v) is 9.33. The van der Waals surface area contributed by atoms with Gasteiger partial charge in [-0.2, -0.15) is 0 Å². The third kappa shape index (κ3) is 3.17. The predicted molar refractivity (Wildman–Crippen MR) is 153 cm³/mol. The predicted octanol–water partition coefficient (Wildman–Crippen LogP) is 5.14. The minimum absolute atomic E-state index is 0.263. The maximum absolute atomic E-state index is 13.7. The Bertz CT molecular complexity index is 2150. The summed E-state index contributed by atoms with van der Waals surface area (Å²) in [7, 11) is 3.81. The molecule has 7 aromatic rings. The van der Waals surface area contributed by atoms with Crippen LogP contribution in [0.25, 0.3) is 65.9 Å². The highest BCUT2D eigenvalue weighted by Crippen LogP contribution is 2.25. The van der Waals surface area contributed by atoms with Crippen molar-refractivity contribution in [1.29, 1.82) is 0 Å². The molecular weight excluding hydrogens is 476 g/mol. The van der Waals surface area contributed by atoms with Gasteiger partial charge in [0.25, 0.3) is 11.1 Å². The molecule has 2 N–H and O–H groups in total. The highest BCUT2D eigenvalue weighted by atomic mass is 16.1. The zero-order valence-corrected chi connectivity index (χ0v) is 20.7. The third-order valence-corrected chi connectivity index (χ3v) is 7.14. The van der Waals surface area contributed by atoms with Gasteiger partial charge in [0.2, 0.25) is 0 Å². The highest BCUT2D eigenvalue weighted by molar-refractivity contribution is 6.02. The van der Waals surface area contributed by atoms with Gasteiger partial charge in [-0.15, -0.1) is 0 Å². The van der Waals surface area contributed by atoms with Gasteiger partial charge in [0, 0.05) is 24.9 Å². The molecule has 3 heterocycles. The zero-order chi connectivity index (χ0) is 26.0. The summed E-state index contributed by atoms with van der Waals surface area (Å²) in [4.78, 5) is 43.3. The number of aromatic nitrogens is 6. The van der Waals surface area contributed by atoms with Crippen molar-refractivity contribution in [2.24, 2.45) is 14.1 Å². The van der Waals surface area contributed by atoms with Crippen molar-refractivity contribution in [2.75, 3.05) is 0 Å². The lowest BCUT2D eigenvalue weighted by Gasteiger charge is -1.99. The number of rotatable bonds is 0. The zero-order valence-electron chi connectivity index (χ0n) is 20.7. The molecular formula is C30H22N6O2. The van der Waals surface area contributed by atoms with Crippen LogP contribution in [0.5, 0.6) is 0 Å². The number of hydrogen-bond acceptors (Lipinski definition) is 4. The molecule has 0 aliphatic heterocycles. The topological polar surface area (TPSA) is 101 Å². The largest absolute Gasteiger partial charge is 0.327 e. The van der Waals surface area contributed by atoms with Crippen LogP contribution in [0.1, 0.15) is 0 Å². The standard InChI is InChI=1S/C30H22N6O2/c1-35-23-15-7-11-19-25(23)33-27(35)17-9-3-5-13-21(17)31-30(38)20-12-8-16-24-26(20)34-28(36(24)2)18-10-4-6-14-22(18)32-29(19)37/h3-16H,1-2H3,(H,31,38)(H,32,37). The first-order chi connectivity index (χ1) is 18.5. The van der Waals surface area contributed by atoms with Crippen molar-refractivity contribution in [3.05, 3.63) is 106 Å². The summed E-state index contributed by atoms with van der Waals surface area (Å²) in [6.07, 6.45) is 0. The van der Waals surface area contributed by atoms with E-state index in [4.69, 9.17) is 9.97 Å². The molecule has 4 bridgehead atoms. The average Bonchev–Trinajstić information content (AvgIpc) is 3.45. The fourth-order valence-electron chi connectivity index (χ4n) is 5.23. The Kier molecular flexibility index (Phi) is 4.71. The van der Waals surface area contributed by atoms with Gasteiger partial charge in [-0.25, -0.2) is 9.97 Å². The van der Waals surface area contributed by atoms with Gasteiger partial charge >= 0.3 is 0 Å².